The molecule has 1 heterocycles. The van der Waals surface area contributed by atoms with E-state index in [4.69, 9.17) is 21.6 Å². The third-order valence-electron chi connectivity index (χ3n) is 5.65. The summed E-state index contributed by atoms with van der Waals surface area (Å²) in [5.41, 5.74) is 0.385. The highest BCUT2D eigenvalue weighted by atomic mass is 35.5. The Morgan fingerprint density at radius 1 is 1.36 bits per heavy atom. The number of aryl methyl sites for hydroxylation is 1. The number of halogens is 1. The molecule has 148 valence electrons. The van der Waals surface area contributed by atoms with Crippen LogP contribution in [0.25, 0.3) is 0 Å². The third kappa shape index (κ3) is 3.35. The topological polar surface area (TPSA) is 79.9 Å². The molecule has 1 aromatic carbocycles. The fourth-order valence-electron chi connectivity index (χ4n) is 4.46. The van der Waals surface area contributed by atoms with Crippen LogP contribution in [0.15, 0.2) is 30.6 Å². The summed E-state index contributed by atoms with van der Waals surface area (Å²) in [5.74, 6) is 0.481. The van der Waals surface area contributed by atoms with Crippen LogP contribution in [-0.4, -0.2) is 27.8 Å². The molecule has 0 aliphatic heterocycles. The standard InChI is InChI=1S/C21H25ClN4O2/c1-6-26-12-14(11-24-26)17(27)25-18-20(2,3)19(21(18,4)5)28-15-8-7-13(10-23)16(22)9-15/h7-9,11-12,18-19H,6H2,1-5H3,(H,25,27)/t18-,19-. The summed E-state index contributed by atoms with van der Waals surface area (Å²) in [5, 5.41) is 16.7. The Balaban J connectivity index is 1.75. The predicted molar refractivity (Wildman–Crippen MR) is 107 cm³/mol. The van der Waals surface area contributed by atoms with E-state index in [0.29, 0.717) is 21.9 Å². The number of nitriles is 1. The Bertz CT molecular complexity index is 926. The number of rotatable bonds is 5. The van der Waals surface area contributed by atoms with Crippen LogP contribution in [0.4, 0.5) is 0 Å². The molecule has 1 aliphatic rings. The summed E-state index contributed by atoms with van der Waals surface area (Å²) in [6.07, 6.45) is 3.21. The van der Waals surface area contributed by atoms with Crippen molar-refractivity contribution in [2.75, 3.05) is 0 Å². The smallest absolute Gasteiger partial charge is 0.254 e. The van der Waals surface area contributed by atoms with Crippen LogP contribution in [0.1, 0.15) is 50.5 Å². The van der Waals surface area contributed by atoms with Crippen molar-refractivity contribution in [1.29, 1.82) is 5.26 Å². The molecular weight excluding hydrogens is 376 g/mol. The summed E-state index contributed by atoms with van der Waals surface area (Å²) >= 11 is 6.13. The van der Waals surface area contributed by atoms with Crippen molar-refractivity contribution in [3.63, 3.8) is 0 Å². The number of hydrogen-bond acceptors (Lipinski definition) is 4. The number of benzene rings is 1. The molecule has 0 unspecified atom stereocenters. The van der Waals surface area contributed by atoms with Gasteiger partial charge in [-0.05, 0) is 19.1 Å². The molecule has 1 fully saturated rings. The quantitative estimate of drug-likeness (QED) is 0.821. The van der Waals surface area contributed by atoms with E-state index in [1.54, 1.807) is 35.3 Å². The summed E-state index contributed by atoms with van der Waals surface area (Å²) < 4.78 is 7.97. The van der Waals surface area contributed by atoms with Gasteiger partial charge in [0.2, 0.25) is 0 Å². The Kier molecular flexibility index (Phi) is 5.16. The molecule has 6 nitrogen and oxygen atoms in total. The minimum atomic E-state index is -0.291. The van der Waals surface area contributed by atoms with Crippen molar-refractivity contribution in [3.05, 3.63) is 46.7 Å². The van der Waals surface area contributed by atoms with E-state index in [0.717, 1.165) is 6.54 Å². The fourth-order valence-corrected chi connectivity index (χ4v) is 4.68. The van der Waals surface area contributed by atoms with Gasteiger partial charge in [-0.3, -0.25) is 9.48 Å². The maximum absolute atomic E-state index is 12.7. The van der Waals surface area contributed by atoms with Crippen LogP contribution in [0, 0.1) is 22.2 Å². The van der Waals surface area contributed by atoms with E-state index in [9.17, 15) is 4.79 Å². The van der Waals surface area contributed by atoms with Crippen molar-refractivity contribution in [3.8, 4) is 11.8 Å². The number of carbonyl (C=O) groups is 1. The van der Waals surface area contributed by atoms with Crippen LogP contribution >= 0.6 is 11.6 Å². The van der Waals surface area contributed by atoms with Gasteiger partial charge >= 0.3 is 0 Å². The molecule has 7 heteroatoms. The lowest BCUT2D eigenvalue weighted by Crippen LogP contribution is -2.74. The number of carbonyl (C=O) groups excluding carboxylic acids is 1. The minimum absolute atomic E-state index is 0.0728. The van der Waals surface area contributed by atoms with Gasteiger partial charge in [0.25, 0.3) is 5.91 Å². The van der Waals surface area contributed by atoms with Crippen LogP contribution in [-0.2, 0) is 6.54 Å². The molecule has 3 rings (SSSR count). The van der Waals surface area contributed by atoms with Gasteiger partial charge in [-0.15, -0.1) is 0 Å². The number of hydrogen-bond donors (Lipinski definition) is 1. The summed E-state index contributed by atoms with van der Waals surface area (Å²) in [7, 11) is 0. The van der Waals surface area contributed by atoms with Gasteiger partial charge in [0.15, 0.2) is 0 Å². The highest BCUT2D eigenvalue weighted by Gasteiger charge is 2.64. The number of ether oxygens (including phenoxy) is 1. The Hall–Kier alpha value is -2.52. The van der Waals surface area contributed by atoms with Gasteiger partial charge in [0, 0.05) is 35.7 Å². The van der Waals surface area contributed by atoms with E-state index < -0.39 is 0 Å². The first kappa shape index (κ1) is 20.2. The monoisotopic (exact) mass is 400 g/mol. The fraction of sp³-hybridized carbons (Fsp3) is 0.476. The Morgan fingerprint density at radius 3 is 2.57 bits per heavy atom. The van der Waals surface area contributed by atoms with Crippen LogP contribution < -0.4 is 10.1 Å². The molecule has 28 heavy (non-hydrogen) atoms. The zero-order valence-corrected chi connectivity index (χ0v) is 17.5. The van der Waals surface area contributed by atoms with E-state index in [1.807, 2.05) is 13.0 Å². The van der Waals surface area contributed by atoms with E-state index in [1.165, 1.54) is 0 Å². The number of amides is 1. The van der Waals surface area contributed by atoms with Crippen LogP contribution in [0.5, 0.6) is 5.75 Å². The van der Waals surface area contributed by atoms with Crippen molar-refractivity contribution >= 4 is 17.5 Å². The van der Waals surface area contributed by atoms with Gasteiger partial charge < -0.3 is 10.1 Å². The van der Waals surface area contributed by atoms with Gasteiger partial charge in [-0.25, -0.2) is 0 Å². The third-order valence-corrected chi connectivity index (χ3v) is 5.96. The van der Waals surface area contributed by atoms with E-state index >= 15 is 0 Å². The molecule has 0 radical (unpaired) electrons. The first-order valence-electron chi connectivity index (χ1n) is 9.31. The first-order valence-corrected chi connectivity index (χ1v) is 9.68. The highest BCUT2D eigenvalue weighted by molar-refractivity contribution is 6.31. The van der Waals surface area contributed by atoms with Gasteiger partial charge in [0.1, 0.15) is 17.9 Å². The lowest BCUT2D eigenvalue weighted by molar-refractivity contribution is -0.164. The average Bonchev–Trinajstić information content (AvgIpc) is 3.13. The molecule has 1 saturated carbocycles. The normalized spacial score (nSPS) is 22.0. The lowest BCUT2D eigenvalue weighted by atomic mass is 9.49. The van der Waals surface area contributed by atoms with E-state index in [-0.39, 0.29) is 28.9 Å². The second-order valence-electron chi connectivity index (χ2n) is 8.39. The molecule has 1 aliphatic carbocycles. The summed E-state index contributed by atoms with van der Waals surface area (Å²) in [6, 6.07) is 7.04. The van der Waals surface area contributed by atoms with E-state index in [2.05, 4.69) is 38.1 Å². The number of nitrogens with one attached hydrogen (secondary N) is 1. The second-order valence-corrected chi connectivity index (χ2v) is 8.79. The molecule has 1 N–H and O–H groups in total. The summed E-state index contributed by atoms with van der Waals surface area (Å²) in [6.45, 7) is 11.0. The number of nitrogens with zero attached hydrogens (tertiary/aromatic N) is 3. The first-order chi connectivity index (χ1) is 13.1. The van der Waals surface area contributed by atoms with Crippen LogP contribution in [0.2, 0.25) is 5.02 Å². The number of aromatic nitrogens is 2. The van der Waals surface area contributed by atoms with Gasteiger partial charge in [-0.2, -0.15) is 10.4 Å². The average molecular weight is 401 g/mol. The SMILES string of the molecule is CCn1cc(C(=O)N[C@H]2C(C)(C)[C@H](Oc3ccc(C#N)c(Cl)c3)C2(C)C)cn1. The highest BCUT2D eigenvalue weighted by Crippen LogP contribution is 2.55. The largest absolute Gasteiger partial charge is 0.489 e. The van der Waals surface area contributed by atoms with Gasteiger partial charge in [0.05, 0.1) is 22.3 Å². The molecular formula is C21H25ClN4O2. The second kappa shape index (κ2) is 7.14. The predicted octanol–water partition coefficient (Wildman–Crippen LogP) is 4.04. The molecule has 2 aromatic rings. The van der Waals surface area contributed by atoms with Crippen molar-refractivity contribution < 1.29 is 9.53 Å². The maximum atomic E-state index is 12.7. The molecule has 0 atom stereocenters. The van der Waals surface area contributed by atoms with Crippen molar-refractivity contribution in [1.82, 2.24) is 15.1 Å². The zero-order valence-electron chi connectivity index (χ0n) is 16.8. The Morgan fingerprint density at radius 2 is 2.04 bits per heavy atom. The van der Waals surface area contributed by atoms with Crippen molar-refractivity contribution in [2.24, 2.45) is 10.8 Å². The van der Waals surface area contributed by atoms with Gasteiger partial charge in [-0.1, -0.05) is 39.3 Å². The molecule has 1 amide bonds. The summed E-state index contributed by atoms with van der Waals surface area (Å²) in [4.78, 5) is 12.7. The Labute approximate surface area is 170 Å². The molecule has 1 aromatic heterocycles. The van der Waals surface area contributed by atoms with Crippen molar-refractivity contribution in [2.45, 2.75) is 53.3 Å². The molecule has 0 spiro atoms. The molecule has 0 bridgehead atoms. The van der Waals surface area contributed by atoms with Crippen LogP contribution in [0.3, 0.4) is 0 Å². The lowest BCUT2D eigenvalue weighted by Gasteiger charge is -2.63. The zero-order chi connectivity index (χ0) is 20.7. The maximum Gasteiger partial charge on any atom is 0.254 e. The minimum Gasteiger partial charge on any atom is -0.489 e. The molecule has 0 saturated heterocycles.